The largest absolute Gasteiger partial charge is 0.338 e. The molecule has 110 valence electrons. The highest BCUT2D eigenvalue weighted by atomic mass is 32.2. The molecule has 2 fully saturated rings. The Balaban J connectivity index is 1.98. The Morgan fingerprint density at radius 1 is 1.32 bits per heavy atom. The first-order chi connectivity index (χ1) is 9.03. The van der Waals surface area contributed by atoms with E-state index in [4.69, 9.17) is 0 Å². The number of nitrogens with zero attached hydrogens (tertiary/aromatic N) is 1. The molecule has 1 amide bonds. The maximum absolute atomic E-state index is 12.0. The van der Waals surface area contributed by atoms with Gasteiger partial charge < -0.3 is 10.2 Å². The van der Waals surface area contributed by atoms with Crippen LogP contribution in [-0.4, -0.2) is 56.4 Å². The molecule has 2 atom stereocenters. The Labute approximate surface area is 115 Å². The van der Waals surface area contributed by atoms with Gasteiger partial charge in [-0.2, -0.15) is 0 Å². The number of sulfone groups is 1. The molecule has 19 heavy (non-hydrogen) atoms. The summed E-state index contributed by atoms with van der Waals surface area (Å²) in [4.78, 5) is 13.9. The van der Waals surface area contributed by atoms with Gasteiger partial charge in [-0.1, -0.05) is 6.92 Å². The van der Waals surface area contributed by atoms with Crippen molar-refractivity contribution in [2.45, 2.75) is 38.6 Å². The highest BCUT2D eigenvalue weighted by Crippen LogP contribution is 2.28. The molecule has 0 aromatic heterocycles. The monoisotopic (exact) mass is 288 g/mol. The minimum Gasteiger partial charge on any atom is -0.338 e. The molecule has 0 saturated carbocycles. The molecule has 1 N–H and O–H groups in total. The lowest BCUT2D eigenvalue weighted by Crippen LogP contribution is -2.56. The fraction of sp³-hybridized carbons (Fsp3) is 0.923. The summed E-state index contributed by atoms with van der Waals surface area (Å²) in [5, 5.41) is 3.36. The average Bonchev–Trinajstić information content (AvgIpc) is 2.37. The van der Waals surface area contributed by atoms with Crippen molar-refractivity contribution in [1.82, 2.24) is 10.2 Å². The zero-order chi connectivity index (χ0) is 13.9. The normalized spacial score (nSPS) is 28.3. The summed E-state index contributed by atoms with van der Waals surface area (Å²) in [5.41, 5.74) is 0. The minimum absolute atomic E-state index is 0.114. The molecule has 0 aromatic rings. The third-order valence-electron chi connectivity index (χ3n) is 4.18. The first-order valence-electron chi connectivity index (χ1n) is 7.24. The van der Waals surface area contributed by atoms with Gasteiger partial charge in [-0.25, -0.2) is 8.42 Å². The van der Waals surface area contributed by atoms with Gasteiger partial charge in [-0.15, -0.1) is 0 Å². The zero-order valence-corrected chi connectivity index (χ0v) is 12.4. The van der Waals surface area contributed by atoms with Gasteiger partial charge in [0.2, 0.25) is 5.91 Å². The van der Waals surface area contributed by atoms with Crippen LogP contribution in [0, 0.1) is 5.92 Å². The molecule has 5 nitrogen and oxygen atoms in total. The van der Waals surface area contributed by atoms with Crippen LogP contribution in [0.4, 0.5) is 0 Å². The van der Waals surface area contributed by atoms with E-state index in [1.54, 1.807) is 0 Å². The van der Waals surface area contributed by atoms with E-state index in [-0.39, 0.29) is 23.5 Å². The van der Waals surface area contributed by atoms with Crippen LogP contribution in [0.5, 0.6) is 0 Å². The van der Waals surface area contributed by atoms with E-state index in [2.05, 4.69) is 5.32 Å². The van der Waals surface area contributed by atoms with Gasteiger partial charge in [0.25, 0.3) is 0 Å². The fourth-order valence-corrected chi connectivity index (χ4v) is 4.49. The van der Waals surface area contributed by atoms with Crippen molar-refractivity contribution in [3.8, 4) is 0 Å². The van der Waals surface area contributed by atoms with Crippen molar-refractivity contribution in [2.24, 2.45) is 5.92 Å². The summed E-state index contributed by atoms with van der Waals surface area (Å²) in [7, 11) is -3.00. The lowest BCUT2D eigenvalue weighted by molar-refractivity contribution is -0.139. The van der Waals surface area contributed by atoms with E-state index in [9.17, 15) is 13.2 Å². The number of carbonyl (C=O) groups is 1. The number of hydrogen-bond donors (Lipinski definition) is 1. The van der Waals surface area contributed by atoms with Crippen LogP contribution in [-0.2, 0) is 14.6 Å². The summed E-state index contributed by atoms with van der Waals surface area (Å²) in [6.45, 7) is 4.12. The van der Waals surface area contributed by atoms with Crippen molar-refractivity contribution >= 4 is 15.7 Å². The van der Waals surface area contributed by atoms with E-state index in [0.29, 0.717) is 25.3 Å². The molecule has 2 unspecified atom stereocenters. The van der Waals surface area contributed by atoms with E-state index < -0.39 is 9.84 Å². The molecule has 0 aromatic carbocycles. The average molecular weight is 288 g/mol. The third kappa shape index (κ3) is 3.69. The maximum Gasteiger partial charge on any atom is 0.222 e. The van der Waals surface area contributed by atoms with E-state index in [1.165, 1.54) is 0 Å². The van der Waals surface area contributed by atoms with Crippen molar-refractivity contribution in [3.63, 3.8) is 0 Å². The van der Waals surface area contributed by atoms with Gasteiger partial charge in [0.05, 0.1) is 5.75 Å². The molecular weight excluding hydrogens is 264 g/mol. The van der Waals surface area contributed by atoms with Crippen LogP contribution in [0.25, 0.3) is 0 Å². The van der Waals surface area contributed by atoms with Gasteiger partial charge in [-0.05, 0) is 38.3 Å². The fourth-order valence-electron chi connectivity index (χ4n) is 3.19. The van der Waals surface area contributed by atoms with Crippen LogP contribution >= 0.6 is 0 Å². The quantitative estimate of drug-likeness (QED) is 0.796. The second kappa shape index (κ2) is 6.22. The molecule has 6 heteroatoms. The van der Waals surface area contributed by atoms with Crippen LogP contribution in [0.1, 0.15) is 32.6 Å². The third-order valence-corrected chi connectivity index (χ3v) is 6.01. The topological polar surface area (TPSA) is 66.5 Å². The van der Waals surface area contributed by atoms with Gasteiger partial charge in [-0.3, -0.25) is 4.79 Å². The Kier molecular flexibility index (Phi) is 4.84. The molecule has 0 bridgehead atoms. The van der Waals surface area contributed by atoms with Gasteiger partial charge in [0.1, 0.15) is 0 Å². The van der Waals surface area contributed by atoms with Crippen molar-refractivity contribution in [1.29, 1.82) is 0 Å². The molecule has 2 saturated heterocycles. The molecule has 2 aliphatic heterocycles. The summed E-state index contributed by atoms with van der Waals surface area (Å²) < 4.78 is 23.6. The molecule has 0 aliphatic carbocycles. The SMILES string of the molecule is CCCS(=O)(=O)CCN1C(=O)CCC2CNCCC21. The molecule has 0 spiro atoms. The van der Waals surface area contributed by atoms with Crippen LogP contribution in [0.3, 0.4) is 0 Å². The number of piperidine rings is 2. The Morgan fingerprint density at radius 2 is 2.11 bits per heavy atom. The Hall–Kier alpha value is -0.620. The van der Waals surface area contributed by atoms with Crippen molar-refractivity contribution in [2.75, 3.05) is 31.1 Å². The summed E-state index contributed by atoms with van der Waals surface area (Å²) >= 11 is 0. The van der Waals surface area contributed by atoms with E-state index in [1.807, 2.05) is 11.8 Å². The first kappa shape index (κ1) is 14.8. The smallest absolute Gasteiger partial charge is 0.222 e. The second-order valence-electron chi connectivity index (χ2n) is 5.60. The molecule has 2 heterocycles. The number of rotatable bonds is 5. The van der Waals surface area contributed by atoms with Crippen LogP contribution in [0.15, 0.2) is 0 Å². The number of amides is 1. The number of carbonyl (C=O) groups excluding carboxylic acids is 1. The van der Waals surface area contributed by atoms with Crippen molar-refractivity contribution < 1.29 is 13.2 Å². The predicted molar refractivity (Wildman–Crippen MR) is 74.7 cm³/mol. The highest BCUT2D eigenvalue weighted by molar-refractivity contribution is 7.91. The lowest BCUT2D eigenvalue weighted by Gasteiger charge is -2.44. The lowest BCUT2D eigenvalue weighted by atomic mass is 9.84. The standard InChI is InChI=1S/C13H24N2O3S/c1-2-8-19(17,18)9-7-15-12-5-6-14-10-11(12)3-4-13(15)16/h11-12,14H,2-10H2,1H3. The Bertz CT molecular complexity index is 422. The van der Waals surface area contributed by atoms with Gasteiger partial charge in [0.15, 0.2) is 9.84 Å². The van der Waals surface area contributed by atoms with Crippen molar-refractivity contribution in [3.05, 3.63) is 0 Å². The predicted octanol–water partition coefficient (Wildman–Crippen LogP) is 0.412. The second-order valence-corrected chi connectivity index (χ2v) is 7.90. The van der Waals surface area contributed by atoms with Crippen LogP contribution in [0.2, 0.25) is 0 Å². The van der Waals surface area contributed by atoms with Crippen LogP contribution < -0.4 is 5.32 Å². The number of likely N-dealkylation sites (tertiary alicyclic amines) is 1. The minimum atomic E-state index is -3.00. The summed E-state index contributed by atoms with van der Waals surface area (Å²) in [5.74, 6) is 0.976. The molecule has 2 aliphatic rings. The first-order valence-corrected chi connectivity index (χ1v) is 9.06. The molecular formula is C13H24N2O3S. The zero-order valence-electron chi connectivity index (χ0n) is 11.6. The summed E-state index contributed by atoms with van der Waals surface area (Å²) in [6, 6.07) is 0.249. The van der Waals surface area contributed by atoms with E-state index >= 15 is 0 Å². The number of nitrogens with one attached hydrogen (secondary N) is 1. The van der Waals surface area contributed by atoms with Gasteiger partial charge in [0, 0.05) is 24.8 Å². The van der Waals surface area contributed by atoms with E-state index in [0.717, 1.165) is 25.9 Å². The highest BCUT2D eigenvalue weighted by Gasteiger charge is 2.37. The Morgan fingerprint density at radius 3 is 2.84 bits per heavy atom. The summed E-state index contributed by atoms with van der Waals surface area (Å²) in [6.07, 6.45) is 3.10. The maximum atomic E-state index is 12.0. The molecule has 0 radical (unpaired) electrons. The number of hydrogen-bond acceptors (Lipinski definition) is 4. The number of fused-ring (bicyclic) bond motifs is 1. The molecule has 2 rings (SSSR count). The van der Waals surface area contributed by atoms with Gasteiger partial charge >= 0.3 is 0 Å².